The summed E-state index contributed by atoms with van der Waals surface area (Å²) in [5.74, 6) is -0.945. The molecule has 1 aromatic rings. The molecule has 0 spiro atoms. The first kappa shape index (κ1) is 14.6. The molecule has 0 aliphatic rings. The molecule has 5 nitrogen and oxygen atoms in total. The average molecular weight is 274 g/mol. The average Bonchev–Trinajstić information content (AvgIpc) is 2.29. The number of carbonyl (C=O) groups excluding carboxylic acids is 1. The Hall–Kier alpha value is -1.47. The van der Waals surface area contributed by atoms with Crippen LogP contribution >= 0.6 is 0 Å². The van der Waals surface area contributed by atoms with Crippen LogP contribution in [0.2, 0.25) is 0 Å². The molecule has 0 heterocycles. The van der Waals surface area contributed by atoms with E-state index >= 15 is 0 Å². The van der Waals surface area contributed by atoms with Gasteiger partial charge >= 0.3 is 0 Å². The largest absolute Gasteiger partial charge is 0.358 e. The zero-order valence-corrected chi connectivity index (χ0v) is 11.0. The van der Waals surface area contributed by atoms with Crippen LogP contribution in [0.3, 0.4) is 0 Å². The fraction of sp³-hybridized carbons (Fsp3) is 0.364. The quantitative estimate of drug-likeness (QED) is 0.841. The van der Waals surface area contributed by atoms with Gasteiger partial charge in [0.2, 0.25) is 15.9 Å². The predicted octanol–water partition coefficient (Wildman–Crippen LogP) is 0.333. The third-order valence-electron chi connectivity index (χ3n) is 2.37. The van der Waals surface area contributed by atoms with E-state index in [0.29, 0.717) is 0 Å². The second kappa shape index (κ2) is 5.92. The van der Waals surface area contributed by atoms with Crippen molar-refractivity contribution < 1.29 is 17.6 Å². The van der Waals surface area contributed by atoms with Crippen molar-refractivity contribution in [1.29, 1.82) is 0 Å². The Morgan fingerprint density at radius 3 is 2.50 bits per heavy atom. The molecule has 0 aromatic heterocycles. The number of nitrogens with one attached hydrogen (secondary N) is 1. The Morgan fingerprint density at radius 1 is 1.39 bits per heavy atom. The minimum absolute atomic E-state index is 0.168. The zero-order chi connectivity index (χ0) is 13.8. The van der Waals surface area contributed by atoms with Crippen molar-refractivity contribution in [2.75, 3.05) is 19.8 Å². The summed E-state index contributed by atoms with van der Waals surface area (Å²) in [6.45, 7) is -0.497. The van der Waals surface area contributed by atoms with E-state index in [4.69, 9.17) is 0 Å². The molecule has 1 aromatic carbocycles. The molecule has 0 bridgehead atoms. The van der Waals surface area contributed by atoms with Crippen molar-refractivity contribution in [1.82, 2.24) is 9.62 Å². The van der Waals surface area contributed by atoms with Crippen molar-refractivity contribution in [3.05, 3.63) is 35.6 Å². The smallest absolute Gasteiger partial charge is 0.235 e. The number of carbonyl (C=O) groups is 1. The highest BCUT2D eigenvalue weighted by atomic mass is 32.2. The van der Waals surface area contributed by atoms with Gasteiger partial charge in [-0.25, -0.2) is 12.8 Å². The van der Waals surface area contributed by atoms with E-state index in [1.807, 2.05) is 0 Å². The van der Waals surface area contributed by atoms with Crippen LogP contribution in [0.1, 0.15) is 5.56 Å². The lowest BCUT2D eigenvalue weighted by atomic mass is 10.2. The molecular weight excluding hydrogens is 259 g/mol. The minimum Gasteiger partial charge on any atom is -0.358 e. The third-order valence-corrected chi connectivity index (χ3v) is 3.57. The van der Waals surface area contributed by atoms with Gasteiger partial charge < -0.3 is 5.32 Å². The number of nitrogens with zero attached hydrogens (tertiary/aromatic N) is 1. The molecule has 0 aliphatic carbocycles. The van der Waals surface area contributed by atoms with Gasteiger partial charge in [0.25, 0.3) is 0 Å². The molecule has 1 N–H and O–H groups in total. The van der Waals surface area contributed by atoms with E-state index in [2.05, 4.69) is 5.32 Å². The molecule has 1 rings (SSSR count). The summed E-state index contributed by atoms with van der Waals surface area (Å²) in [7, 11) is -2.17. The predicted molar refractivity (Wildman–Crippen MR) is 65.7 cm³/mol. The Balaban J connectivity index is 2.93. The van der Waals surface area contributed by atoms with Crippen molar-refractivity contribution >= 4 is 15.9 Å². The standard InChI is InChI=1S/C11H15FN2O3S/c1-13-11(15)8-14(18(2,16)17)7-9-5-3-4-6-10(9)12/h3-6H,7-8H2,1-2H3,(H,13,15). The third kappa shape index (κ3) is 4.08. The van der Waals surface area contributed by atoms with Crippen LogP contribution in [0, 0.1) is 5.82 Å². The fourth-order valence-corrected chi connectivity index (χ4v) is 2.07. The van der Waals surface area contributed by atoms with Crippen molar-refractivity contribution in [2.45, 2.75) is 6.54 Å². The summed E-state index contributed by atoms with van der Waals surface area (Å²) in [4.78, 5) is 11.2. The summed E-state index contributed by atoms with van der Waals surface area (Å²) < 4.78 is 37.4. The maximum Gasteiger partial charge on any atom is 0.235 e. The second-order valence-corrected chi connectivity index (χ2v) is 5.78. The maximum atomic E-state index is 13.4. The normalized spacial score (nSPS) is 11.6. The number of benzene rings is 1. The molecule has 0 aliphatic heterocycles. The highest BCUT2D eigenvalue weighted by Crippen LogP contribution is 2.11. The van der Waals surface area contributed by atoms with Gasteiger partial charge in [0.15, 0.2) is 0 Å². The van der Waals surface area contributed by atoms with Crippen molar-refractivity contribution in [3.8, 4) is 0 Å². The lowest BCUT2D eigenvalue weighted by Gasteiger charge is -2.19. The topological polar surface area (TPSA) is 66.5 Å². The van der Waals surface area contributed by atoms with Crippen LogP contribution in [-0.2, 0) is 21.4 Å². The van der Waals surface area contributed by atoms with E-state index in [1.54, 1.807) is 6.07 Å². The molecule has 7 heteroatoms. The number of sulfonamides is 1. The van der Waals surface area contributed by atoms with Gasteiger partial charge in [-0.2, -0.15) is 4.31 Å². The summed E-state index contributed by atoms with van der Waals surface area (Å²) in [5.41, 5.74) is 0.229. The summed E-state index contributed by atoms with van der Waals surface area (Å²) in [6.07, 6.45) is 0.983. The fourth-order valence-electron chi connectivity index (χ4n) is 1.35. The first-order valence-corrected chi connectivity index (χ1v) is 7.08. The van der Waals surface area contributed by atoms with Gasteiger partial charge in [0, 0.05) is 19.2 Å². The molecule has 18 heavy (non-hydrogen) atoms. The second-order valence-electron chi connectivity index (χ2n) is 3.80. The van der Waals surface area contributed by atoms with Gasteiger partial charge in [-0.1, -0.05) is 18.2 Å². The van der Waals surface area contributed by atoms with E-state index in [0.717, 1.165) is 10.6 Å². The first-order valence-electron chi connectivity index (χ1n) is 5.23. The highest BCUT2D eigenvalue weighted by Gasteiger charge is 2.21. The van der Waals surface area contributed by atoms with E-state index < -0.39 is 21.7 Å². The van der Waals surface area contributed by atoms with Crippen LogP contribution in [0.4, 0.5) is 4.39 Å². The first-order chi connectivity index (χ1) is 8.34. The summed E-state index contributed by atoms with van der Waals surface area (Å²) >= 11 is 0. The SMILES string of the molecule is CNC(=O)CN(Cc1ccccc1F)S(C)(=O)=O. The van der Waals surface area contributed by atoms with E-state index in [-0.39, 0.29) is 18.7 Å². The summed E-state index contributed by atoms with van der Waals surface area (Å²) in [5, 5.41) is 2.33. The Kier molecular flexibility index (Phi) is 4.80. The Morgan fingerprint density at radius 2 is 2.00 bits per heavy atom. The molecule has 0 unspecified atom stereocenters. The molecular formula is C11H15FN2O3S. The lowest BCUT2D eigenvalue weighted by Crippen LogP contribution is -2.38. The minimum atomic E-state index is -3.58. The maximum absolute atomic E-state index is 13.4. The van der Waals surface area contributed by atoms with Crippen LogP contribution in [0.15, 0.2) is 24.3 Å². The van der Waals surface area contributed by atoms with Gasteiger partial charge in [-0.05, 0) is 6.07 Å². The van der Waals surface area contributed by atoms with Gasteiger partial charge in [0.05, 0.1) is 12.8 Å². The van der Waals surface area contributed by atoms with Crippen LogP contribution in [0.25, 0.3) is 0 Å². The molecule has 0 radical (unpaired) electrons. The lowest BCUT2D eigenvalue weighted by molar-refractivity contribution is -0.120. The zero-order valence-electron chi connectivity index (χ0n) is 10.2. The molecule has 0 fully saturated rings. The Labute approximate surface area is 106 Å². The number of hydrogen-bond donors (Lipinski definition) is 1. The van der Waals surface area contributed by atoms with Crippen molar-refractivity contribution in [2.24, 2.45) is 0 Å². The number of halogens is 1. The summed E-state index contributed by atoms with van der Waals surface area (Å²) in [6, 6.07) is 5.86. The molecule has 0 atom stereocenters. The van der Waals surface area contributed by atoms with E-state index in [1.165, 1.54) is 25.2 Å². The van der Waals surface area contributed by atoms with Crippen LogP contribution < -0.4 is 5.32 Å². The monoisotopic (exact) mass is 274 g/mol. The molecule has 100 valence electrons. The number of likely N-dealkylation sites (N-methyl/N-ethyl adjacent to an activating group) is 1. The van der Waals surface area contributed by atoms with Crippen molar-refractivity contribution in [3.63, 3.8) is 0 Å². The van der Waals surface area contributed by atoms with E-state index in [9.17, 15) is 17.6 Å². The molecule has 0 saturated heterocycles. The molecule has 0 saturated carbocycles. The number of rotatable bonds is 5. The van der Waals surface area contributed by atoms with Gasteiger partial charge in [0.1, 0.15) is 5.82 Å². The van der Waals surface area contributed by atoms with Crippen LogP contribution in [-0.4, -0.2) is 38.5 Å². The molecule has 1 amide bonds. The number of hydrogen-bond acceptors (Lipinski definition) is 3. The number of amides is 1. The van der Waals surface area contributed by atoms with Crippen LogP contribution in [0.5, 0.6) is 0 Å². The highest BCUT2D eigenvalue weighted by molar-refractivity contribution is 7.88. The Bertz CT molecular complexity index is 531. The van der Waals surface area contributed by atoms with Gasteiger partial charge in [-0.15, -0.1) is 0 Å². The van der Waals surface area contributed by atoms with Gasteiger partial charge in [-0.3, -0.25) is 4.79 Å².